The lowest BCUT2D eigenvalue weighted by Gasteiger charge is -2.39. The Balaban J connectivity index is 0.00000232. The minimum atomic E-state index is -2.62. The van der Waals surface area contributed by atoms with Crippen LogP contribution >= 0.6 is 8.60 Å². The summed E-state index contributed by atoms with van der Waals surface area (Å²) in [5.74, 6) is 0. The van der Waals surface area contributed by atoms with Crippen LogP contribution in [0.25, 0.3) is 55.6 Å². The highest BCUT2D eigenvalue weighted by Crippen LogP contribution is 2.59. The van der Waals surface area contributed by atoms with E-state index in [0.717, 1.165) is 0 Å². The Bertz CT molecular complexity index is 2740. The Labute approximate surface area is 440 Å². The summed E-state index contributed by atoms with van der Waals surface area (Å²) < 4.78 is 0. The van der Waals surface area contributed by atoms with Crippen molar-refractivity contribution in [3.8, 4) is 55.6 Å². The van der Waals surface area contributed by atoms with E-state index in [4.69, 9.17) is 14.7 Å². The number of rotatable bonds is 5. The summed E-state index contributed by atoms with van der Waals surface area (Å²) in [6.45, 7) is 58.0. The molecule has 0 bridgehead atoms. The second kappa shape index (κ2) is 20.4. The van der Waals surface area contributed by atoms with Crippen LogP contribution in [0.1, 0.15) is 211 Å². The summed E-state index contributed by atoms with van der Waals surface area (Å²) >= 11 is 0. The van der Waals surface area contributed by atoms with Gasteiger partial charge in [0, 0.05) is 0 Å². The first-order chi connectivity index (χ1) is 32.6. The van der Waals surface area contributed by atoms with Crippen molar-refractivity contribution >= 4 is 8.60 Å². The van der Waals surface area contributed by atoms with Crippen molar-refractivity contribution in [2.24, 2.45) is 0 Å². The minimum absolute atomic E-state index is 0.151. The third-order valence-electron chi connectivity index (χ3n) is 14.2. The van der Waals surface area contributed by atoms with Crippen LogP contribution in [0, 0.1) is 0 Å². The van der Waals surface area contributed by atoms with Gasteiger partial charge in [0.25, 0.3) is 0 Å². The van der Waals surface area contributed by atoms with E-state index >= 15 is 0 Å². The van der Waals surface area contributed by atoms with Gasteiger partial charge in [-0.25, -0.2) is 0 Å². The van der Waals surface area contributed by atoms with Gasteiger partial charge in [0.15, 0.2) is 0 Å². The molecule has 0 saturated heterocycles. The van der Waals surface area contributed by atoms with Crippen molar-refractivity contribution in [1.82, 2.24) is 0 Å². The predicted molar refractivity (Wildman–Crippen MR) is 317 cm³/mol. The molecule has 0 aliphatic heterocycles. The molecular formula is C68H93O3P. The molecule has 0 aromatic heterocycles. The van der Waals surface area contributed by atoms with Gasteiger partial charge in [-0.2, -0.15) is 0 Å². The Kier molecular flexibility index (Phi) is 16.6. The van der Waals surface area contributed by atoms with Gasteiger partial charge < -0.3 is 14.7 Å². The largest absolute Gasteiger partial charge is 0.328 e. The molecule has 3 N–H and O–H groups in total. The van der Waals surface area contributed by atoms with Crippen LogP contribution in [-0.2, 0) is 43.3 Å². The summed E-state index contributed by atoms with van der Waals surface area (Å²) in [5.41, 5.74) is 22.9. The molecule has 0 aliphatic rings. The molecule has 0 aliphatic carbocycles. The topological polar surface area (TPSA) is 60.7 Å². The van der Waals surface area contributed by atoms with E-state index in [0.29, 0.717) is 0 Å². The highest BCUT2D eigenvalue weighted by Gasteiger charge is 2.39. The predicted octanol–water partition coefficient (Wildman–Crippen LogP) is 19.6. The molecule has 0 unspecified atom stereocenters. The first kappa shape index (κ1) is 58.5. The normalized spacial score (nSPS) is 13.3. The molecule has 0 spiro atoms. The third-order valence-corrected chi connectivity index (χ3v) is 14.2. The Morgan fingerprint density at radius 1 is 0.236 bits per heavy atom. The van der Waals surface area contributed by atoms with E-state index in [1.54, 1.807) is 0 Å². The second-order valence-corrected chi connectivity index (χ2v) is 29.2. The lowest BCUT2D eigenvalue weighted by Crippen LogP contribution is -2.23. The van der Waals surface area contributed by atoms with Crippen molar-refractivity contribution in [2.45, 2.75) is 209 Å². The number of hydrogen-bond acceptors (Lipinski definition) is 3. The molecule has 0 heterocycles. The molecule has 0 atom stereocenters. The van der Waals surface area contributed by atoms with Crippen LogP contribution in [0.3, 0.4) is 0 Å². The first-order valence-electron chi connectivity index (χ1n) is 26.3. The van der Waals surface area contributed by atoms with Crippen LogP contribution < -0.4 is 0 Å². The van der Waals surface area contributed by atoms with Crippen molar-refractivity contribution in [3.63, 3.8) is 0 Å². The van der Waals surface area contributed by atoms with Gasteiger partial charge in [0.1, 0.15) is 0 Å². The Morgan fingerprint density at radius 3 is 0.681 bits per heavy atom. The van der Waals surface area contributed by atoms with E-state index < -0.39 is 8.60 Å². The van der Waals surface area contributed by atoms with Crippen LogP contribution in [0.4, 0.5) is 0 Å². The summed E-state index contributed by atoms with van der Waals surface area (Å²) in [4.78, 5) is 21.7. The molecule has 0 radical (unpaired) electrons. The summed E-state index contributed by atoms with van der Waals surface area (Å²) in [7, 11) is -2.62. The van der Waals surface area contributed by atoms with Crippen molar-refractivity contribution in [1.29, 1.82) is 0 Å². The molecule has 6 aromatic rings. The van der Waals surface area contributed by atoms with Crippen molar-refractivity contribution < 1.29 is 14.7 Å². The third kappa shape index (κ3) is 12.6. The quantitative estimate of drug-likeness (QED) is 0.151. The molecule has 6 aromatic carbocycles. The zero-order valence-corrected chi connectivity index (χ0v) is 50.1. The molecule has 4 heteroatoms. The maximum atomic E-state index is 7.23. The Morgan fingerprint density at radius 2 is 0.444 bits per heavy atom. The number of benzene rings is 6. The van der Waals surface area contributed by atoms with E-state index in [2.05, 4.69) is 275 Å². The average Bonchev–Trinajstić information content (AvgIpc) is 3.22. The molecule has 0 saturated carbocycles. The molecule has 6 rings (SSSR count). The monoisotopic (exact) mass is 989 g/mol. The molecular weight excluding hydrogens is 896 g/mol. The Hall–Kier alpha value is -4.37. The molecule has 0 amide bonds. The van der Waals surface area contributed by atoms with E-state index in [9.17, 15) is 0 Å². The van der Waals surface area contributed by atoms with Crippen molar-refractivity contribution in [2.75, 3.05) is 0 Å². The second-order valence-electron chi connectivity index (χ2n) is 28.6. The van der Waals surface area contributed by atoms with E-state index in [1.165, 1.54) is 100 Å². The number of hydrogen-bond donors (Lipinski definition) is 3. The van der Waals surface area contributed by atoms with Crippen molar-refractivity contribution in [3.05, 3.63) is 154 Å². The summed E-state index contributed by atoms with van der Waals surface area (Å²) in [6, 6.07) is 43.0. The van der Waals surface area contributed by atoms with Gasteiger partial charge in [-0.05, 0) is 150 Å². The van der Waals surface area contributed by atoms with E-state index in [-0.39, 0.29) is 43.3 Å². The average molecular weight is 989 g/mol. The van der Waals surface area contributed by atoms with Crippen LogP contribution in [0.2, 0.25) is 0 Å². The maximum Gasteiger partial charge on any atom is 0.324 e. The first-order valence-corrected chi connectivity index (χ1v) is 27.5. The fourth-order valence-electron chi connectivity index (χ4n) is 10.8. The zero-order valence-electron chi connectivity index (χ0n) is 49.2. The van der Waals surface area contributed by atoms with Crippen LogP contribution in [-0.4, -0.2) is 14.7 Å². The summed E-state index contributed by atoms with van der Waals surface area (Å²) in [5, 5.41) is 0. The summed E-state index contributed by atoms with van der Waals surface area (Å²) in [6.07, 6.45) is 0. The zero-order chi connectivity index (χ0) is 54.7. The fourth-order valence-corrected chi connectivity index (χ4v) is 10.8. The molecule has 72 heavy (non-hydrogen) atoms. The molecule has 0 fully saturated rings. The fraction of sp³-hybridized carbons (Fsp3) is 0.471. The lowest BCUT2D eigenvalue weighted by atomic mass is 9.65. The lowest BCUT2D eigenvalue weighted by molar-refractivity contribution is 0.368. The van der Waals surface area contributed by atoms with E-state index in [1.807, 2.05) is 0 Å². The maximum absolute atomic E-state index is 7.23. The highest BCUT2D eigenvalue weighted by atomic mass is 31.2. The van der Waals surface area contributed by atoms with Gasteiger partial charge in [0.05, 0.1) is 0 Å². The van der Waals surface area contributed by atoms with Gasteiger partial charge in [-0.1, -0.05) is 269 Å². The van der Waals surface area contributed by atoms with Gasteiger partial charge in [-0.15, -0.1) is 0 Å². The van der Waals surface area contributed by atoms with Gasteiger partial charge in [-0.3, -0.25) is 0 Å². The van der Waals surface area contributed by atoms with Crippen LogP contribution in [0.15, 0.2) is 109 Å². The molecule has 388 valence electrons. The van der Waals surface area contributed by atoms with Gasteiger partial charge >= 0.3 is 8.60 Å². The minimum Gasteiger partial charge on any atom is -0.328 e. The van der Waals surface area contributed by atoms with Crippen LogP contribution in [0.5, 0.6) is 0 Å². The standard InChI is InChI=1S/C68H90.H3O3P/c1-61(2,3)46-34-28-35-47(62(4,5)6)55(46)44-42-45(56-48(63(7,8)9)36-29-37-49(56)64(10,11)12)57(58-50(65(13,14)15)38-30-39-51(58)66(16,17)18)60(54(44)43-32-26-25-27-33-43)59-52(67(19,20)21)40-31-41-53(59)68(22,23)24;1-4(2)3/h25-42H,1-24H3;1-3H. The molecule has 3 nitrogen and oxygen atoms in total. The highest BCUT2D eigenvalue weighted by molar-refractivity contribution is 7.38. The SMILES string of the molecule is CC(C)(C)c1cccc(C(C)(C)C)c1-c1cc(-c2c(C(C)(C)C)cccc2C(C)(C)C)c(-c2c(C(C)(C)C)cccc2C(C)(C)C)c(-c2c(C(C)(C)C)cccc2C(C)(C)C)c1-c1ccccc1.OP(O)O. The smallest absolute Gasteiger partial charge is 0.324 e. The van der Waals surface area contributed by atoms with Gasteiger partial charge in [0.2, 0.25) is 0 Å².